The molecule has 6 rings (SSSR count). The van der Waals surface area contributed by atoms with E-state index in [9.17, 15) is 5.26 Å². The first-order valence-corrected chi connectivity index (χ1v) is 10.9. The molecule has 0 aliphatic carbocycles. The first-order chi connectivity index (χ1) is 15.7. The minimum Gasteiger partial charge on any atom is -0.439 e. The van der Waals surface area contributed by atoms with E-state index in [0.717, 1.165) is 42.9 Å². The summed E-state index contributed by atoms with van der Waals surface area (Å²) in [5.74, 6) is 0.327. The van der Waals surface area contributed by atoms with Crippen LogP contribution in [0.5, 0.6) is 5.75 Å². The van der Waals surface area contributed by atoms with Crippen molar-refractivity contribution in [2.75, 3.05) is 0 Å². The zero-order valence-corrected chi connectivity index (χ0v) is 18.3. The summed E-state index contributed by atoms with van der Waals surface area (Å²) in [6, 6.07) is 25.9. The summed E-state index contributed by atoms with van der Waals surface area (Å²) in [6.07, 6.45) is 0. The van der Waals surface area contributed by atoms with E-state index in [1.807, 2.05) is 72.8 Å². The van der Waals surface area contributed by atoms with Crippen molar-refractivity contribution >= 4 is 48.8 Å². The number of para-hydroxylation sites is 2. The molecular weight excluding hydrogens is 464 g/mol. The van der Waals surface area contributed by atoms with Crippen LogP contribution >= 0.6 is 15.9 Å². The van der Waals surface area contributed by atoms with Gasteiger partial charge in [-0.25, -0.2) is 9.97 Å². The molecule has 0 spiro atoms. The molecule has 4 aromatic carbocycles. The number of fused-ring (bicyclic) bond motifs is 7. The van der Waals surface area contributed by atoms with E-state index < -0.39 is 5.92 Å². The molecular formula is C26H15BrN4O. The van der Waals surface area contributed by atoms with Crippen molar-refractivity contribution in [3.05, 3.63) is 99.9 Å². The smallest absolute Gasteiger partial charge is 0.205 e. The normalized spacial score (nSPS) is 15.6. The third kappa shape index (κ3) is 2.68. The lowest BCUT2D eigenvalue weighted by atomic mass is 9.81. The van der Waals surface area contributed by atoms with Crippen molar-refractivity contribution in [3.8, 4) is 11.8 Å². The van der Waals surface area contributed by atoms with Crippen molar-refractivity contribution in [1.82, 2.24) is 9.97 Å². The third-order valence-electron chi connectivity index (χ3n) is 5.88. The quantitative estimate of drug-likeness (QED) is 0.239. The molecule has 152 valence electrons. The molecule has 2 N–H and O–H groups in total. The highest BCUT2D eigenvalue weighted by Gasteiger charge is 2.35. The molecule has 1 aliphatic heterocycles. The number of benzene rings is 4. The highest BCUT2D eigenvalue weighted by Crippen LogP contribution is 2.49. The Balaban J connectivity index is 1.82. The summed E-state index contributed by atoms with van der Waals surface area (Å²) in [5.41, 5.74) is 11.5. The Morgan fingerprint density at radius 1 is 0.844 bits per heavy atom. The number of ether oxygens (including phenoxy) is 1. The number of rotatable bonds is 1. The molecule has 2 heterocycles. The third-order valence-corrected chi connectivity index (χ3v) is 6.40. The fraction of sp³-hybridized carbons (Fsp3) is 0.0385. The van der Waals surface area contributed by atoms with Gasteiger partial charge in [-0.3, -0.25) is 0 Å². The van der Waals surface area contributed by atoms with Crippen LogP contribution in [-0.2, 0) is 0 Å². The Kier molecular flexibility index (Phi) is 4.14. The molecule has 0 fully saturated rings. The van der Waals surface area contributed by atoms with Gasteiger partial charge in [-0.2, -0.15) is 5.26 Å². The molecule has 1 unspecified atom stereocenters. The van der Waals surface area contributed by atoms with E-state index in [2.05, 4.69) is 22.0 Å². The van der Waals surface area contributed by atoms with Gasteiger partial charge in [-0.1, -0.05) is 64.5 Å². The highest BCUT2D eigenvalue weighted by atomic mass is 79.9. The number of nitriles is 1. The predicted molar refractivity (Wildman–Crippen MR) is 128 cm³/mol. The van der Waals surface area contributed by atoms with Gasteiger partial charge in [0.05, 0.1) is 28.0 Å². The zero-order chi connectivity index (χ0) is 21.8. The Labute approximate surface area is 191 Å². The van der Waals surface area contributed by atoms with Gasteiger partial charge in [-0.15, -0.1) is 0 Å². The summed E-state index contributed by atoms with van der Waals surface area (Å²) in [4.78, 5) is 9.97. The monoisotopic (exact) mass is 478 g/mol. The van der Waals surface area contributed by atoms with Crippen LogP contribution in [0.1, 0.15) is 17.0 Å². The summed E-state index contributed by atoms with van der Waals surface area (Å²) < 4.78 is 7.06. The van der Waals surface area contributed by atoms with E-state index in [0.29, 0.717) is 16.8 Å². The lowest BCUT2D eigenvalue weighted by Gasteiger charge is -2.28. The Morgan fingerprint density at radius 3 is 2.16 bits per heavy atom. The van der Waals surface area contributed by atoms with Crippen molar-refractivity contribution in [3.63, 3.8) is 0 Å². The lowest BCUT2D eigenvalue weighted by Crippen LogP contribution is -2.22. The Morgan fingerprint density at radius 2 is 1.47 bits per heavy atom. The molecule has 0 radical (unpaired) electrons. The maximum atomic E-state index is 10.0. The molecule has 5 nitrogen and oxygen atoms in total. The summed E-state index contributed by atoms with van der Waals surface area (Å²) >= 11 is 3.50. The Hall–Kier alpha value is -3.95. The number of hydrogen-bond donors (Lipinski definition) is 1. The van der Waals surface area contributed by atoms with Gasteiger partial charge < -0.3 is 10.5 Å². The van der Waals surface area contributed by atoms with Crippen LogP contribution in [0, 0.1) is 11.3 Å². The summed E-state index contributed by atoms with van der Waals surface area (Å²) in [5, 5.41) is 11.8. The van der Waals surface area contributed by atoms with Gasteiger partial charge in [0.1, 0.15) is 17.4 Å². The van der Waals surface area contributed by atoms with E-state index in [-0.39, 0.29) is 5.88 Å². The largest absolute Gasteiger partial charge is 0.439 e. The van der Waals surface area contributed by atoms with E-state index in [1.165, 1.54) is 0 Å². The molecule has 0 saturated carbocycles. The first-order valence-electron chi connectivity index (χ1n) is 10.1. The summed E-state index contributed by atoms with van der Waals surface area (Å²) in [7, 11) is 0. The van der Waals surface area contributed by atoms with E-state index >= 15 is 0 Å². The number of nitrogens with zero attached hydrogens (tertiary/aromatic N) is 3. The minimum absolute atomic E-state index is 0.117. The van der Waals surface area contributed by atoms with E-state index in [1.54, 1.807) is 0 Å². The minimum atomic E-state index is -0.417. The molecule has 1 aliphatic rings. The summed E-state index contributed by atoms with van der Waals surface area (Å²) in [6.45, 7) is 0. The highest BCUT2D eigenvalue weighted by molar-refractivity contribution is 9.10. The van der Waals surface area contributed by atoms with Gasteiger partial charge in [0, 0.05) is 20.8 Å². The van der Waals surface area contributed by atoms with Crippen LogP contribution in [0.3, 0.4) is 0 Å². The van der Waals surface area contributed by atoms with Gasteiger partial charge >= 0.3 is 0 Å². The zero-order valence-electron chi connectivity index (χ0n) is 16.7. The topological polar surface area (TPSA) is 84.8 Å². The van der Waals surface area contributed by atoms with Crippen LogP contribution < -0.4 is 10.5 Å². The standard InChI is InChI=1S/C26H15BrN4O/c27-15-11-9-14(10-12-15)21-18(13-28)26(29)32-25-17-6-2-1-5-16(17)23-24(22(21)25)31-20-8-4-3-7-19(20)30-23/h1-12,21H,29H2. The second kappa shape index (κ2) is 7.04. The van der Waals surface area contributed by atoms with Crippen LogP contribution in [0.4, 0.5) is 0 Å². The van der Waals surface area contributed by atoms with Crippen LogP contribution in [0.2, 0.25) is 0 Å². The van der Waals surface area contributed by atoms with Gasteiger partial charge in [-0.05, 0) is 29.8 Å². The fourth-order valence-corrected chi connectivity index (χ4v) is 4.72. The number of hydrogen-bond acceptors (Lipinski definition) is 5. The average molecular weight is 479 g/mol. The second-order valence-corrected chi connectivity index (χ2v) is 8.59. The predicted octanol–water partition coefficient (Wildman–Crippen LogP) is 5.92. The van der Waals surface area contributed by atoms with Crippen molar-refractivity contribution in [1.29, 1.82) is 5.26 Å². The van der Waals surface area contributed by atoms with Crippen LogP contribution in [0.15, 0.2) is 88.7 Å². The maximum Gasteiger partial charge on any atom is 0.205 e. The molecule has 6 heteroatoms. The van der Waals surface area contributed by atoms with Crippen LogP contribution in [0.25, 0.3) is 32.8 Å². The lowest BCUT2D eigenvalue weighted by molar-refractivity contribution is 0.399. The first kappa shape index (κ1) is 18.8. The van der Waals surface area contributed by atoms with Gasteiger partial charge in [0.2, 0.25) is 5.88 Å². The number of halogens is 1. The molecule has 0 bridgehead atoms. The van der Waals surface area contributed by atoms with Crippen LogP contribution in [-0.4, -0.2) is 9.97 Å². The van der Waals surface area contributed by atoms with Gasteiger partial charge in [0.15, 0.2) is 0 Å². The second-order valence-electron chi connectivity index (χ2n) is 7.67. The van der Waals surface area contributed by atoms with E-state index in [4.69, 9.17) is 20.4 Å². The molecule has 5 aromatic rings. The Bertz CT molecular complexity index is 1630. The fourth-order valence-electron chi connectivity index (χ4n) is 4.45. The average Bonchev–Trinajstić information content (AvgIpc) is 2.83. The molecule has 1 atom stereocenters. The number of allylic oxidation sites excluding steroid dienone is 1. The molecule has 0 amide bonds. The molecule has 0 saturated heterocycles. The number of nitrogens with two attached hydrogens (primary N) is 1. The van der Waals surface area contributed by atoms with Crippen molar-refractivity contribution in [2.45, 2.75) is 5.92 Å². The van der Waals surface area contributed by atoms with Crippen molar-refractivity contribution < 1.29 is 4.74 Å². The molecule has 1 aromatic heterocycles. The molecule has 32 heavy (non-hydrogen) atoms. The van der Waals surface area contributed by atoms with Gasteiger partial charge in [0.25, 0.3) is 0 Å². The van der Waals surface area contributed by atoms with Crippen molar-refractivity contribution in [2.24, 2.45) is 5.73 Å². The SMILES string of the molecule is N#CC1=C(N)Oc2c(c3nc4ccccc4nc3c3ccccc23)C1c1ccc(Br)cc1. The number of aromatic nitrogens is 2. The maximum absolute atomic E-state index is 10.0.